The number of nitrogens with one attached hydrogen (secondary N) is 2. The second kappa shape index (κ2) is 12.2. The van der Waals surface area contributed by atoms with Crippen LogP contribution in [0.5, 0.6) is 0 Å². The third kappa shape index (κ3) is 7.20. The number of piperidine rings is 1. The summed E-state index contributed by atoms with van der Waals surface area (Å²) in [5, 5.41) is 6.83. The van der Waals surface area contributed by atoms with E-state index >= 15 is 0 Å². The van der Waals surface area contributed by atoms with Crippen molar-refractivity contribution in [3.63, 3.8) is 0 Å². The molecule has 0 aromatic carbocycles. The summed E-state index contributed by atoms with van der Waals surface area (Å²) in [5.74, 6) is 1.61. The molecule has 0 atom stereocenters. The molecule has 0 aromatic rings. The van der Waals surface area contributed by atoms with E-state index in [1.807, 2.05) is 0 Å². The summed E-state index contributed by atoms with van der Waals surface area (Å²) >= 11 is 0. The predicted octanol–water partition coefficient (Wildman–Crippen LogP) is 2.41. The highest BCUT2D eigenvalue weighted by Crippen LogP contribution is 2.29. The summed E-state index contributed by atoms with van der Waals surface area (Å²) in [4.78, 5) is 6.98. The van der Waals surface area contributed by atoms with Gasteiger partial charge in [-0.2, -0.15) is 0 Å². The summed E-state index contributed by atoms with van der Waals surface area (Å²) in [7, 11) is -1.42. The van der Waals surface area contributed by atoms with Crippen molar-refractivity contribution in [1.82, 2.24) is 15.5 Å². The molecule has 1 aliphatic carbocycles. The number of ether oxygens (including phenoxy) is 1. The first-order chi connectivity index (χ1) is 13.9. The van der Waals surface area contributed by atoms with Crippen molar-refractivity contribution in [2.24, 2.45) is 10.9 Å². The van der Waals surface area contributed by atoms with Crippen LogP contribution in [0.1, 0.15) is 57.8 Å². The SMILES string of the molecule is CN=C(NCC1(S(C)(=O)=O)CCOCC1)NC1CCN(CC2CCCCC2)CC1.I. The minimum Gasteiger partial charge on any atom is -0.381 e. The Labute approximate surface area is 200 Å². The van der Waals surface area contributed by atoms with Gasteiger partial charge in [0.2, 0.25) is 0 Å². The highest BCUT2D eigenvalue weighted by atomic mass is 127. The molecule has 2 N–H and O–H groups in total. The molecule has 2 aliphatic heterocycles. The summed E-state index contributed by atoms with van der Waals surface area (Å²) in [6, 6.07) is 0.396. The van der Waals surface area contributed by atoms with E-state index < -0.39 is 14.6 Å². The normalized spacial score (nSPS) is 24.8. The lowest BCUT2D eigenvalue weighted by molar-refractivity contribution is 0.0756. The number of guanidine groups is 1. The van der Waals surface area contributed by atoms with Gasteiger partial charge >= 0.3 is 0 Å². The molecular formula is C21H41IN4O3S. The number of aliphatic imine (C=N–C) groups is 1. The molecule has 0 amide bonds. The molecule has 3 rings (SSSR count). The largest absolute Gasteiger partial charge is 0.381 e. The average Bonchev–Trinajstić information content (AvgIpc) is 2.73. The molecule has 0 radical (unpaired) electrons. The number of halogens is 1. The van der Waals surface area contributed by atoms with Gasteiger partial charge in [0, 0.05) is 58.7 Å². The maximum absolute atomic E-state index is 12.4. The molecule has 0 spiro atoms. The van der Waals surface area contributed by atoms with Crippen molar-refractivity contribution in [3.05, 3.63) is 0 Å². The fourth-order valence-corrected chi connectivity index (χ4v) is 6.29. The van der Waals surface area contributed by atoms with Crippen LogP contribution in [-0.2, 0) is 14.6 Å². The van der Waals surface area contributed by atoms with Crippen molar-refractivity contribution in [1.29, 1.82) is 0 Å². The fourth-order valence-electron chi connectivity index (χ4n) is 5.05. The molecule has 176 valence electrons. The van der Waals surface area contributed by atoms with Crippen molar-refractivity contribution < 1.29 is 13.2 Å². The van der Waals surface area contributed by atoms with E-state index in [1.54, 1.807) is 7.05 Å². The number of likely N-dealkylation sites (tertiary alicyclic amines) is 1. The number of nitrogens with zero attached hydrogens (tertiary/aromatic N) is 2. The lowest BCUT2D eigenvalue weighted by Gasteiger charge is -2.37. The minimum atomic E-state index is -3.18. The van der Waals surface area contributed by atoms with Gasteiger partial charge < -0.3 is 20.3 Å². The fraction of sp³-hybridized carbons (Fsp3) is 0.952. The highest BCUT2D eigenvalue weighted by molar-refractivity contribution is 14.0. The first kappa shape index (κ1) is 26.1. The predicted molar refractivity (Wildman–Crippen MR) is 134 cm³/mol. The number of hydrogen-bond donors (Lipinski definition) is 2. The van der Waals surface area contributed by atoms with Crippen LogP contribution in [0.2, 0.25) is 0 Å². The Morgan fingerprint density at radius 1 is 1.10 bits per heavy atom. The van der Waals surface area contributed by atoms with Crippen molar-refractivity contribution >= 4 is 39.8 Å². The van der Waals surface area contributed by atoms with Gasteiger partial charge in [-0.05, 0) is 44.4 Å². The van der Waals surface area contributed by atoms with Gasteiger partial charge in [0.25, 0.3) is 0 Å². The summed E-state index contributed by atoms with van der Waals surface area (Å²) in [5.41, 5.74) is 0. The van der Waals surface area contributed by atoms with Crippen LogP contribution in [-0.4, -0.2) is 82.8 Å². The van der Waals surface area contributed by atoms with Crippen molar-refractivity contribution in [3.8, 4) is 0 Å². The molecule has 3 aliphatic rings. The van der Waals surface area contributed by atoms with Crippen molar-refractivity contribution in [2.45, 2.75) is 68.6 Å². The van der Waals surface area contributed by atoms with Gasteiger partial charge in [0.05, 0.1) is 4.75 Å². The minimum absolute atomic E-state index is 0. The molecule has 7 nitrogen and oxygen atoms in total. The second-order valence-corrected chi connectivity index (χ2v) is 11.6. The first-order valence-corrected chi connectivity index (χ1v) is 13.3. The van der Waals surface area contributed by atoms with E-state index in [2.05, 4.69) is 20.5 Å². The van der Waals surface area contributed by atoms with E-state index in [0.29, 0.717) is 44.6 Å². The van der Waals surface area contributed by atoms with E-state index in [4.69, 9.17) is 4.74 Å². The van der Waals surface area contributed by atoms with Gasteiger partial charge in [-0.3, -0.25) is 4.99 Å². The Morgan fingerprint density at radius 2 is 1.73 bits per heavy atom. The maximum atomic E-state index is 12.4. The second-order valence-electron chi connectivity index (χ2n) is 9.22. The van der Waals surface area contributed by atoms with Crippen LogP contribution < -0.4 is 10.6 Å². The number of sulfone groups is 1. The smallest absolute Gasteiger partial charge is 0.191 e. The number of hydrogen-bond acceptors (Lipinski definition) is 5. The Balaban J connectivity index is 0.00000320. The quantitative estimate of drug-likeness (QED) is 0.297. The van der Waals surface area contributed by atoms with Gasteiger partial charge in [0.15, 0.2) is 15.8 Å². The van der Waals surface area contributed by atoms with Gasteiger partial charge in [-0.1, -0.05) is 19.3 Å². The summed E-state index contributed by atoms with van der Waals surface area (Å²) in [6.45, 7) is 4.92. The Bertz CT molecular complexity index is 639. The zero-order valence-corrected chi connectivity index (χ0v) is 21.8. The Kier molecular flexibility index (Phi) is 10.6. The highest BCUT2D eigenvalue weighted by Gasteiger charge is 2.42. The molecule has 0 unspecified atom stereocenters. The Hall–Kier alpha value is -0.130. The van der Waals surface area contributed by atoms with Crippen LogP contribution >= 0.6 is 24.0 Å². The first-order valence-electron chi connectivity index (χ1n) is 11.4. The third-order valence-corrected chi connectivity index (χ3v) is 9.29. The number of rotatable bonds is 6. The van der Waals surface area contributed by atoms with Crippen LogP contribution in [0.15, 0.2) is 4.99 Å². The monoisotopic (exact) mass is 556 g/mol. The maximum Gasteiger partial charge on any atom is 0.191 e. The Morgan fingerprint density at radius 3 is 2.30 bits per heavy atom. The van der Waals surface area contributed by atoms with E-state index in [0.717, 1.165) is 31.8 Å². The molecule has 2 heterocycles. The molecule has 9 heteroatoms. The molecule has 3 fully saturated rings. The topological polar surface area (TPSA) is 83.0 Å². The molecule has 2 saturated heterocycles. The van der Waals surface area contributed by atoms with Crippen LogP contribution in [0, 0.1) is 5.92 Å². The van der Waals surface area contributed by atoms with E-state index in [1.165, 1.54) is 44.9 Å². The molecular weight excluding hydrogens is 515 g/mol. The molecule has 0 bridgehead atoms. The lowest BCUT2D eigenvalue weighted by Crippen LogP contribution is -2.55. The van der Waals surface area contributed by atoms with Crippen LogP contribution in [0.4, 0.5) is 0 Å². The molecule has 1 saturated carbocycles. The van der Waals surface area contributed by atoms with Gasteiger partial charge in [-0.15, -0.1) is 24.0 Å². The van der Waals surface area contributed by atoms with Crippen molar-refractivity contribution in [2.75, 3.05) is 52.7 Å². The average molecular weight is 557 g/mol. The lowest BCUT2D eigenvalue weighted by atomic mass is 9.88. The summed E-state index contributed by atoms with van der Waals surface area (Å²) in [6.07, 6.45) is 11.7. The molecule has 30 heavy (non-hydrogen) atoms. The van der Waals surface area contributed by atoms with E-state index in [-0.39, 0.29) is 24.0 Å². The van der Waals surface area contributed by atoms with Crippen LogP contribution in [0.25, 0.3) is 0 Å². The molecule has 0 aromatic heterocycles. The van der Waals surface area contributed by atoms with Gasteiger partial charge in [-0.25, -0.2) is 8.42 Å². The zero-order valence-electron chi connectivity index (χ0n) is 18.7. The van der Waals surface area contributed by atoms with Gasteiger partial charge in [0.1, 0.15) is 0 Å². The van der Waals surface area contributed by atoms with Crippen LogP contribution in [0.3, 0.4) is 0 Å². The third-order valence-electron chi connectivity index (χ3n) is 7.16. The van der Waals surface area contributed by atoms with E-state index in [9.17, 15) is 8.42 Å². The zero-order chi connectivity index (χ0) is 20.7. The standard InChI is InChI=1S/C21H40N4O3S.HI/c1-22-20(23-17-21(29(2,26)27)10-14-28-15-11-21)24-19-8-12-25(13-9-19)16-18-6-4-3-5-7-18;/h18-19H,3-17H2,1-2H3,(H2,22,23,24);1H. The summed E-state index contributed by atoms with van der Waals surface area (Å²) < 4.78 is 29.5.